The second kappa shape index (κ2) is 16.8. The van der Waals surface area contributed by atoms with Crippen LogP contribution in [-0.4, -0.2) is 62.3 Å². The minimum Gasteiger partial charge on any atom is -0.383 e. The van der Waals surface area contributed by atoms with Gasteiger partial charge in [-0.15, -0.1) is 12.4 Å². The number of alkyl halides is 3. The van der Waals surface area contributed by atoms with Crippen molar-refractivity contribution in [3.63, 3.8) is 0 Å². The van der Waals surface area contributed by atoms with Crippen molar-refractivity contribution in [2.45, 2.75) is 13.1 Å². The zero-order valence-corrected chi connectivity index (χ0v) is 25.7. The lowest BCUT2D eigenvalue weighted by molar-refractivity contribution is -0.137. The van der Waals surface area contributed by atoms with Crippen molar-refractivity contribution in [2.75, 3.05) is 56.5 Å². The van der Waals surface area contributed by atoms with Gasteiger partial charge in [0.1, 0.15) is 5.52 Å². The Labute approximate surface area is 263 Å². The molecule has 2 amide bonds. The first-order valence-electron chi connectivity index (χ1n) is 13.0. The number of methoxy groups -OCH3 is 2. The van der Waals surface area contributed by atoms with Crippen molar-refractivity contribution in [3.8, 4) is 0 Å². The second-order valence-electron chi connectivity index (χ2n) is 9.07. The number of nitrogens with two attached hydrogens (primary N) is 1. The lowest BCUT2D eigenvalue weighted by atomic mass is 10.1. The van der Waals surface area contributed by atoms with Crippen LogP contribution >= 0.6 is 24.0 Å². The fraction of sp³-hybridized carbons (Fsp3) is 0.276. The molecule has 0 radical (unpaired) electrons. The minimum absolute atomic E-state index is 0. The zero-order chi connectivity index (χ0) is 31.6. The van der Waals surface area contributed by atoms with Crippen LogP contribution in [0.25, 0.3) is 11.0 Å². The van der Waals surface area contributed by atoms with E-state index < -0.39 is 29.1 Å². The molecule has 0 unspecified atom stereocenters. The Morgan fingerprint density at radius 3 is 2.30 bits per heavy atom. The molecule has 4 rings (SSSR count). The fourth-order valence-corrected chi connectivity index (χ4v) is 4.07. The maximum atomic E-state index is 13.5. The Bertz CT molecular complexity index is 1560. The van der Waals surface area contributed by atoms with Gasteiger partial charge in [0.2, 0.25) is 5.95 Å². The molecule has 4 aromatic rings. The lowest BCUT2D eigenvalue weighted by Crippen LogP contribution is -2.19. The van der Waals surface area contributed by atoms with Gasteiger partial charge in [0.15, 0.2) is 0 Å². The van der Waals surface area contributed by atoms with Crippen LogP contribution in [0.1, 0.15) is 31.8 Å². The van der Waals surface area contributed by atoms with Crippen molar-refractivity contribution < 1.29 is 32.2 Å². The molecule has 0 aliphatic carbocycles. The van der Waals surface area contributed by atoms with Gasteiger partial charge >= 0.3 is 6.18 Å². The number of anilines is 3. The third-order valence-electron chi connectivity index (χ3n) is 6.00. The molecule has 0 spiro atoms. The number of aromatic amines is 1. The number of hydrogen-bond acceptors (Lipinski definition) is 7. The molecular formula is C29H33Cl2F3N6O4. The summed E-state index contributed by atoms with van der Waals surface area (Å²) < 4.78 is 49.9. The summed E-state index contributed by atoms with van der Waals surface area (Å²) in [6, 6.07) is 12.3. The molecule has 238 valence electrons. The molecule has 0 saturated carbocycles. The van der Waals surface area contributed by atoms with Gasteiger partial charge in [-0.2, -0.15) is 13.2 Å². The first-order chi connectivity index (χ1) is 20.5. The highest BCUT2D eigenvalue weighted by atomic mass is 35.5. The summed E-state index contributed by atoms with van der Waals surface area (Å²) in [5.41, 5.74) is 5.35. The molecule has 0 fully saturated rings. The fourth-order valence-electron chi connectivity index (χ4n) is 3.90. The third-order valence-corrected chi connectivity index (χ3v) is 6.41. The molecule has 1 heterocycles. The number of hydrogen-bond donors (Lipinski definition) is 5. The highest BCUT2D eigenvalue weighted by Gasteiger charge is 2.35. The van der Waals surface area contributed by atoms with Gasteiger partial charge in [-0.25, -0.2) is 4.98 Å². The largest absolute Gasteiger partial charge is 0.417 e. The topological polar surface area (TPSA) is 143 Å². The van der Waals surface area contributed by atoms with Crippen LogP contribution in [0.5, 0.6) is 0 Å². The van der Waals surface area contributed by atoms with E-state index in [0.717, 1.165) is 12.1 Å². The molecule has 0 bridgehead atoms. The molecule has 1 aromatic heterocycles. The van der Waals surface area contributed by atoms with Crippen molar-refractivity contribution >= 4 is 64.2 Å². The van der Waals surface area contributed by atoms with Crippen LogP contribution in [-0.2, 0) is 15.7 Å². The molecule has 0 atom stereocenters. The van der Waals surface area contributed by atoms with E-state index >= 15 is 0 Å². The summed E-state index contributed by atoms with van der Waals surface area (Å²) in [6.07, 6.45) is -4.72. The van der Waals surface area contributed by atoms with Crippen molar-refractivity contribution in [2.24, 2.45) is 5.73 Å². The van der Waals surface area contributed by atoms with E-state index in [1.54, 1.807) is 39.3 Å². The average molecular weight is 658 g/mol. The quantitative estimate of drug-likeness (QED) is 0.129. The monoisotopic (exact) mass is 656 g/mol. The molecule has 0 aliphatic rings. The number of aromatic nitrogens is 2. The molecule has 0 aliphatic heterocycles. The number of nitrogens with one attached hydrogen (secondary N) is 4. The predicted molar refractivity (Wildman–Crippen MR) is 168 cm³/mol. The molecule has 3 aromatic carbocycles. The van der Waals surface area contributed by atoms with Gasteiger partial charge in [-0.05, 0) is 48.9 Å². The van der Waals surface area contributed by atoms with E-state index in [4.69, 9.17) is 22.1 Å². The highest BCUT2D eigenvalue weighted by Crippen LogP contribution is 2.33. The van der Waals surface area contributed by atoms with Crippen molar-refractivity contribution in [3.05, 3.63) is 81.9 Å². The Morgan fingerprint density at radius 2 is 1.66 bits per heavy atom. The van der Waals surface area contributed by atoms with Gasteiger partial charge in [0.05, 0.1) is 35.4 Å². The summed E-state index contributed by atoms with van der Waals surface area (Å²) in [6.45, 7) is 3.86. The van der Waals surface area contributed by atoms with E-state index in [2.05, 4.69) is 30.7 Å². The van der Waals surface area contributed by atoms with E-state index in [1.807, 2.05) is 0 Å². The smallest absolute Gasteiger partial charge is 0.383 e. The standard InChI is InChI=1S/C26H23ClF3N5O3.C3H9NO.ClH/c1-14-19(27)8-5-9-20(14)33-24(37)17-12-15(13-21-22(17)35-25(34-21)31-10-11-38-2)32-23(36)16-6-3-4-7-18(16)26(28,29)30;1-5-3-2-4;/h3-9,12-13H,10-11H2,1-2H3,(H,32,36)(H,33,37)(H2,31,34,35);2-4H2,1H3;1H. The van der Waals surface area contributed by atoms with Crippen molar-refractivity contribution in [1.82, 2.24) is 9.97 Å². The normalized spacial score (nSPS) is 10.8. The minimum atomic E-state index is -4.72. The molecule has 15 heteroatoms. The van der Waals surface area contributed by atoms with E-state index in [-0.39, 0.29) is 29.2 Å². The second-order valence-corrected chi connectivity index (χ2v) is 9.48. The van der Waals surface area contributed by atoms with Crippen LogP contribution in [0.4, 0.5) is 30.5 Å². The number of amides is 2. The zero-order valence-electron chi connectivity index (χ0n) is 24.1. The summed E-state index contributed by atoms with van der Waals surface area (Å²) in [5.74, 6) is -1.19. The average Bonchev–Trinajstić information content (AvgIpc) is 3.38. The summed E-state index contributed by atoms with van der Waals surface area (Å²) in [7, 11) is 3.18. The lowest BCUT2D eigenvalue weighted by Gasteiger charge is -2.14. The number of carbonyl (C=O) groups is 2. The van der Waals surface area contributed by atoms with E-state index in [9.17, 15) is 22.8 Å². The molecule has 0 saturated heterocycles. The predicted octanol–water partition coefficient (Wildman–Crippen LogP) is 6.12. The number of H-pyrrole nitrogens is 1. The number of imidazole rings is 1. The molecule has 44 heavy (non-hydrogen) atoms. The molecule has 10 nitrogen and oxygen atoms in total. The van der Waals surface area contributed by atoms with Gasteiger partial charge < -0.3 is 36.1 Å². The Balaban J connectivity index is 0.00000104. The summed E-state index contributed by atoms with van der Waals surface area (Å²) >= 11 is 6.17. The summed E-state index contributed by atoms with van der Waals surface area (Å²) in [5, 5.41) is 8.74. The van der Waals surface area contributed by atoms with Gasteiger partial charge in [-0.3, -0.25) is 9.59 Å². The maximum Gasteiger partial charge on any atom is 0.417 e. The maximum absolute atomic E-state index is 13.5. The number of nitrogens with zero attached hydrogens (tertiary/aromatic N) is 1. The number of carbonyl (C=O) groups excluding carboxylic acids is 2. The number of ether oxygens (including phenoxy) is 2. The third kappa shape index (κ3) is 9.56. The first kappa shape index (κ1) is 36.3. The van der Waals surface area contributed by atoms with Crippen LogP contribution < -0.4 is 21.7 Å². The van der Waals surface area contributed by atoms with E-state index in [0.29, 0.717) is 54.0 Å². The SMILES string of the molecule is COCCN.COCCNc1nc2c(C(=O)Nc3cccc(Cl)c3C)cc(NC(=O)c3ccccc3C(F)(F)F)cc2[nH]1.Cl. The molecular weight excluding hydrogens is 624 g/mol. The Hall–Kier alpha value is -3.88. The van der Waals surface area contributed by atoms with Crippen LogP contribution in [0, 0.1) is 6.92 Å². The molecule has 6 N–H and O–H groups in total. The van der Waals surface area contributed by atoms with Crippen LogP contribution in [0.2, 0.25) is 5.02 Å². The number of halogens is 5. The van der Waals surface area contributed by atoms with Gasteiger partial charge in [0, 0.05) is 43.7 Å². The Kier molecular flexibility index (Phi) is 13.9. The number of benzene rings is 3. The Morgan fingerprint density at radius 1 is 0.977 bits per heavy atom. The summed E-state index contributed by atoms with van der Waals surface area (Å²) in [4.78, 5) is 33.7. The van der Waals surface area contributed by atoms with Crippen molar-refractivity contribution in [1.29, 1.82) is 0 Å². The van der Waals surface area contributed by atoms with Crippen LogP contribution in [0.15, 0.2) is 54.6 Å². The number of fused-ring (bicyclic) bond motifs is 1. The van der Waals surface area contributed by atoms with E-state index in [1.165, 1.54) is 24.3 Å². The highest BCUT2D eigenvalue weighted by molar-refractivity contribution is 6.31. The van der Waals surface area contributed by atoms with Crippen LogP contribution in [0.3, 0.4) is 0 Å². The first-order valence-corrected chi connectivity index (χ1v) is 13.4. The van der Waals surface area contributed by atoms with Gasteiger partial charge in [0.25, 0.3) is 11.8 Å². The number of rotatable bonds is 10. The van der Waals surface area contributed by atoms with Gasteiger partial charge in [-0.1, -0.05) is 29.8 Å².